The summed E-state index contributed by atoms with van der Waals surface area (Å²) < 4.78 is 0. The zero-order chi connectivity index (χ0) is 12.8. The Kier molecular flexibility index (Phi) is 2.64. The lowest BCUT2D eigenvalue weighted by molar-refractivity contribution is 0.348. The van der Waals surface area contributed by atoms with Crippen molar-refractivity contribution in [1.29, 1.82) is 0 Å². The maximum atomic E-state index is 11.6. The van der Waals surface area contributed by atoms with Gasteiger partial charge >= 0.3 is 0 Å². The number of aromatic nitrogens is 2. The van der Waals surface area contributed by atoms with Gasteiger partial charge in [0, 0.05) is 18.5 Å². The number of hydrogen-bond donors (Lipinski definition) is 2. The third-order valence-electron chi connectivity index (χ3n) is 5.15. The molecular weight excluding hydrogens is 238 g/mol. The molecule has 0 amide bonds. The Hall–Kier alpha value is -1.32. The highest BCUT2D eigenvalue weighted by Crippen LogP contribution is 2.48. The molecule has 0 radical (unpaired) electrons. The minimum atomic E-state index is -0.0210. The second-order valence-corrected chi connectivity index (χ2v) is 6.61. The van der Waals surface area contributed by atoms with E-state index in [4.69, 9.17) is 0 Å². The zero-order valence-electron chi connectivity index (χ0n) is 11.2. The average Bonchev–Trinajstić information content (AvgIpc) is 3.05. The van der Waals surface area contributed by atoms with Crippen molar-refractivity contribution < 1.29 is 0 Å². The minimum Gasteiger partial charge on any atom is -0.370 e. The maximum Gasteiger partial charge on any atom is 0.252 e. The first-order chi connectivity index (χ1) is 9.28. The third-order valence-corrected chi connectivity index (χ3v) is 5.15. The number of rotatable bonds is 4. The summed E-state index contributed by atoms with van der Waals surface area (Å²) in [7, 11) is 0. The average molecular weight is 259 g/mol. The van der Waals surface area contributed by atoms with Crippen LogP contribution in [0.5, 0.6) is 0 Å². The first kappa shape index (κ1) is 11.5. The molecule has 4 rings (SSSR count). The van der Waals surface area contributed by atoms with Gasteiger partial charge < -0.3 is 10.3 Å². The van der Waals surface area contributed by atoms with Crippen molar-refractivity contribution in [3.05, 3.63) is 22.2 Å². The van der Waals surface area contributed by atoms with Crippen LogP contribution in [-0.2, 0) is 0 Å². The monoisotopic (exact) mass is 259 g/mol. The first-order valence-electron chi connectivity index (χ1n) is 7.63. The fourth-order valence-electron chi connectivity index (χ4n) is 3.98. The molecule has 0 saturated heterocycles. The first-order valence-corrected chi connectivity index (χ1v) is 7.63. The Bertz CT molecular complexity index is 534. The number of nitrogens with zero attached hydrogens (tertiary/aromatic N) is 1. The van der Waals surface area contributed by atoms with E-state index >= 15 is 0 Å². The number of aromatic amines is 1. The lowest BCUT2D eigenvalue weighted by Crippen LogP contribution is -2.22. The summed E-state index contributed by atoms with van der Waals surface area (Å²) in [5, 5.41) is 3.40. The van der Waals surface area contributed by atoms with Crippen LogP contribution in [0.15, 0.2) is 10.9 Å². The summed E-state index contributed by atoms with van der Waals surface area (Å²) in [5.41, 5.74) is -0.0210. The Morgan fingerprint density at radius 3 is 2.84 bits per heavy atom. The summed E-state index contributed by atoms with van der Waals surface area (Å²) in [6.45, 7) is 0.988. The lowest BCUT2D eigenvalue weighted by Gasteiger charge is -2.22. The molecule has 0 spiro atoms. The lowest BCUT2D eigenvalue weighted by atomic mass is 9.89. The molecule has 1 aromatic rings. The number of H-pyrrole nitrogens is 1. The molecule has 2 bridgehead atoms. The molecule has 3 atom stereocenters. The quantitative estimate of drug-likeness (QED) is 0.873. The van der Waals surface area contributed by atoms with E-state index in [0.29, 0.717) is 5.92 Å². The van der Waals surface area contributed by atoms with Gasteiger partial charge in [0.05, 0.1) is 0 Å². The van der Waals surface area contributed by atoms with Crippen LogP contribution >= 0.6 is 0 Å². The van der Waals surface area contributed by atoms with Gasteiger partial charge in [0.25, 0.3) is 5.56 Å². The van der Waals surface area contributed by atoms with Crippen molar-refractivity contribution in [3.8, 4) is 0 Å². The van der Waals surface area contributed by atoms with E-state index in [2.05, 4.69) is 15.3 Å². The Morgan fingerprint density at radius 1 is 1.26 bits per heavy atom. The molecule has 0 aliphatic heterocycles. The molecule has 2 N–H and O–H groups in total. The number of anilines is 1. The van der Waals surface area contributed by atoms with Crippen LogP contribution in [0.25, 0.3) is 0 Å². The summed E-state index contributed by atoms with van der Waals surface area (Å²) >= 11 is 0. The fourth-order valence-corrected chi connectivity index (χ4v) is 3.98. The van der Waals surface area contributed by atoms with Gasteiger partial charge in [-0.1, -0.05) is 6.42 Å². The van der Waals surface area contributed by atoms with Crippen LogP contribution in [0.2, 0.25) is 0 Å². The summed E-state index contributed by atoms with van der Waals surface area (Å²) in [6, 6.07) is 1.60. The van der Waals surface area contributed by atoms with Gasteiger partial charge in [-0.15, -0.1) is 0 Å². The number of hydrogen-bond acceptors (Lipinski definition) is 3. The van der Waals surface area contributed by atoms with Gasteiger partial charge in [-0.25, -0.2) is 4.98 Å². The van der Waals surface area contributed by atoms with E-state index in [-0.39, 0.29) is 5.56 Å². The molecule has 3 aliphatic rings. The van der Waals surface area contributed by atoms with Crippen LogP contribution in [0.1, 0.15) is 50.3 Å². The van der Waals surface area contributed by atoms with Crippen molar-refractivity contribution in [2.24, 2.45) is 17.8 Å². The number of fused-ring (bicyclic) bond motifs is 2. The molecular formula is C15H21N3O. The fraction of sp³-hybridized carbons (Fsp3) is 0.733. The topological polar surface area (TPSA) is 57.8 Å². The predicted octanol–water partition coefficient (Wildman–Crippen LogP) is 2.50. The van der Waals surface area contributed by atoms with Gasteiger partial charge in [0.2, 0.25) is 0 Å². The Labute approximate surface area is 113 Å². The SMILES string of the molecule is O=c1cc(NCC2CC3CCC2C3)nc(C2CC2)[nH]1. The molecule has 0 aromatic carbocycles. The molecule has 3 saturated carbocycles. The van der Waals surface area contributed by atoms with Gasteiger partial charge in [-0.3, -0.25) is 4.79 Å². The van der Waals surface area contributed by atoms with Crippen molar-refractivity contribution in [2.75, 3.05) is 11.9 Å². The second-order valence-electron chi connectivity index (χ2n) is 6.61. The van der Waals surface area contributed by atoms with Crippen molar-refractivity contribution in [1.82, 2.24) is 9.97 Å². The summed E-state index contributed by atoms with van der Waals surface area (Å²) in [4.78, 5) is 19.0. The van der Waals surface area contributed by atoms with Crippen LogP contribution in [0, 0.1) is 17.8 Å². The van der Waals surface area contributed by atoms with Crippen molar-refractivity contribution >= 4 is 5.82 Å². The molecule has 4 nitrogen and oxygen atoms in total. The van der Waals surface area contributed by atoms with Gasteiger partial charge in [0.15, 0.2) is 0 Å². The van der Waals surface area contributed by atoms with Gasteiger partial charge in [0.1, 0.15) is 11.6 Å². The Balaban J connectivity index is 1.43. The van der Waals surface area contributed by atoms with Crippen LogP contribution < -0.4 is 10.9 Å². The smallest absolute Gasteiger partial charge is 0.252 e. The second kappa shape index (κ2) is 4.36. The van der Waals surface area contributed by atoms with E-state index in [1.165, 1.54) is 38.5 Å². The minimum absolute atomic E-state index is 0.0210. The zero-order valence-corrected chi connectivity index (χ0v) is 11.2. The van der Waals surface area contributed by atoms with E-state index in [1.54, 1.807) is 6.07 Å². The molecule has 3 unspecified atom stereocenters. The molecule has 4 heteroatoms. The molecule has 102 valence electrons. The van der Waals surface area contributed by atoms with Gasteiger partial charge in [-0.2, -0.15) is 0 Å². The summed E-state index contributed by atoms with van der Waals surface area (Å²) in [6.07, 6.45) is 7.99. The predicted molar refractivity (Wildman–Crippen MR) is 74.3 cm³/mol. The molecule has 1 heterocycles. The molecule has 3 fully saturated rings. The number of nitrogens with one attached hydrogen (secondary N) is 2. The highest BCUT2D eigenvalue weighted by molar-refractivity contribution is 5.34. The van der Waals surface area contributed by atoms with Crippen LogP contribution in [0.4, 0.5) is 5.82 Å². The normalized spacial score (nSPS) is 32.7. The molecule has 3 aliphatic carbocycles. The highest BCUT2D eigenvalue weighted by Gasteiger charge is 2.39. The van der Waals surface area contributed by atoms with E-state index < -0.39 is 0 Å². The molecule has 19 heavy (non-hydrogen) atoms. The van der Waals surface area contributed by atoms with Crippen LogP contribution in [0.3, 0.4) is 0 Å². The summed E-state index contributed by atoms with van der Waals surface area (Å²) in [5.74, 6) is 4.84. The van der Waals surface area contributed by atoms with Gasteiger partial charge in [-0.05, 0) is 49.9 Å². The third kappa shape index (κ3) is 2.28. The maximum absolute atomic E-state index is 11.6. The standard InChI is InChI=1S/C15H21N3O/c19-14-7-13(17-15(18-14)10-3-4-10)16-8-12-6-9-1-2-11(12)5-9/h7,9-12H,1-6,8H2,(H2,16,17,18,19). The van der Waals surface area contributed by atoms with Crippen molar-refractivity contribution in [3.63, 3.8) is 0 Å². The van der Waals surface area contributed by atoms with E-state index in [0.717, 1.165) is 35.9 Å². The van der Waals surface area contributed by atoms with Crippen LogP contribution in [-0.4, -0.2) is 16.5 Å². The highest BCUT2D eigenvalue weighted by atomic mass is 16.1. The van der Waals surface area contributed by atoms with E-state index in [9.17, 15) is 4.79 Å². The largest absolute Gasteiger partial charge is 0.370 e. The Morgan fingerprint density at radius 2 is 2.16 bits per heavy atom. The molecule has 1 aromatic heterocycles. The van der Waals surface area contributed by atoms with Crippen molar-refractivity contribution in [2.45, 2.75) is 44.4 Å². The van der Waals surface area contributed by atoms with E-state index in [1.807, 2.05) is 0 Å².